The molecule has 18 heavy (non-hydrogen) atoms. The fourth-order valence-electron chi connectivity index (χ4n) is 2.41. The molecule has 1 fully saturated rings. The van der Waals surface area contributed by atoms with E-state index in [0.29, 0.717) is 13.2 Å². The van der Waals surface area contributed by atoms with E-state index in [4.69, 9.17) is 9.47 Å². The van der Waals surface area contributed by atoms with Gasteiger partial charge in [0.25, 0.3) is 0 Å². The second kappa shape index (κ2) is 5.28. The van der Waals surface area contributed by atoms with Crippen molar-refractivity contribution in [3.05, 3.63) is 20.8 Å². The molecule has 100 valence electrons. The molecule has 0 N–H and O–H groups in total. The summed E-state index contributed by atoms with van der Waals surface area (Å²) in [5.74, 6) is -0.197. The molecule has 0 bridgehead atoms. The second-order valence-corrected chi connectivity index (χ2v) is 7.14. The summed E-state index contributed by atoms with van der Waals surface area (Å²) in [5, 5.41) is 0. The number of thiophene rings is 1. The quantitative estimate of drug-likeness (QED) is 0.792. The zero-order chi connectivity index (χ0) is 13.3. The average Bonchev–Trinajstić information content (AvgIpc) is 2.67. The van der Waals surface area contributed by atoms with E-state index in [1.807, 2.05) is 26.2 Å². The Balaban J connectivity index is 2.38. The first kappa shape index (κ1) is 14.0. The standard InChI is InChI=1S/C12H16BrNO3S/c1-14(2)10(8-4-5-9(13)18-8)12(6-17-7-12)11(15)16-3/h4-5,10H,6-7H2,1-3H3. The normalized spacial score (nSPS) is 19.4. The maximum atomic E-state index is 12.1. The van der Waals surface area contributed by atoms with Gasteiger partial charge in [-0.15, -0.1) is 11.3 Å². The number of carbonyl (C=O) groups excluding carboxylic acids is 1. The Morgan fingerprint density at radius 2 is 2.22 bits per heavy atom. The maximum Gasteiger partial charge on any atom is 0.318 e. The summed E-state index contributed by atoms with van der Waals surface area (Å²) in [6.07, 6.45) is 0. The van der Waals surface area contributed by atoms with E-state index in [-0.39, 0.29) is 12.0 Å². The summed E-state index contributed by atoms with van der Waals surface area (Å²) in [6.45, 7) is 0.829. The molecule has 2 heterocycles. The van der Waals surface area contributed by atoms with Gasteiger partial charge < -0.3 is 14.4 Å². The van der Waals surface area contributed by atoms with Crippen molar-refractivity contribution in [3.8, 4) is 0 Å². The van der Waals surface area contributed by atoms with Crippen LogP contribution in [0.15, 0.2) is 15.9 Å². The molecule has 6 heteroatoms. The molecule has 0 aliphatic carbocycles. The van der Waals surface area contributed by atoms with Crippen LogP contribution in [0.25, 0.3) is 0 Å². The smallest absolute Gasteiger partial charge is 0.318 e. The van der Waals surface area contributed by atoms with Crippen LogP contribution in [-0.2, 0) is 14.3 Å². The van der Waals surface area contributed by atoms with E-state index >= 15 is 0 Å². The molecule has 1 aliphatic heterocycles. The van der Waals surface area contributed by atoms with Gasteiger partial charge in [-0.1, -0.05) is 0 Å². The molecule has 1 unspecified atom stereocenters. The second-order valence-electron chi connectivity index (χ2n) is 4.65. The summed E-state index contributed by atoms with van der Waals surface area (Å²) >= 11 is 5.10. The minimum atomic E-state index is -0.581. The third kappa shape index (κ3) is 2.22. The lowest BCUT2D eigenvalue weighted by atomic mass is 9.77. The van der Waals surface area contributed by atoms with Crippen LogP contribution in [0.1, 0.15) is 10.9 Å². The van der Waals surface area contributed by atoms with Crippen molar-refractivity contribution in [2.75, 3.05) is 34.4 Å². The van der Waals surface area contributed by atoms with E-state index in [2.05, 4.69) is 20.8 Å². The Bertz CT molecular complexity index is 442. The van der Waals surface area contributed by atoms with E-state index in [0.717, 1.165) is 8.66 Å². The minimum absolute atomic E-state index is 0.0185. The third-order valence-electron chi connectivity index (χ3n) is 3.21. The lowest BCUT2D eigenvalue weighted by Crippen LogP contribution is -2.56. The summed E-state index contributed by atoms with van der Waals surface area (Å²) in [4.78, 5) is 15.3. The number of esters is 1. The fraction of sp³-hybridized carbons (Fsp3) is 0.583. The van der Waals surface area contributed by atoms with Gasteiger partial charge in [-0.3, -0.25) is 4.79 Å². The van der Waals surface area contributed by atoms with E-state index in [9.17, 15) is 4.79 Å². The van der Waals surface area contributed by atoms with Crippen LogP contribution >= 0.6 is 27.3 Å². The van der Waals surface area contributed by atoms with Gasteiger partial charge in [0.2, 0.25) is 0 Å². The molecular formula is C12H16BrNO3S. The first-order valence-corrected chi connectivity index (χ1v) is 7.20. The van der Waals surface area contributed by atoms with Crippen LogP contribution in [-0.4, -0.2) is 45.3 Å². The zero-order valence-electron chi connectivity index (χ0n) is 10.6. The number of hydrogen-bond donors (Lipinski definition) is 0. The van der Waals surface area contributed by atoms with Crippen LogP contribution in [0, 0.1) is 5.41 Å². The molecule has 1 aromatic heterocycles. The first-order chi connectivity index (χ1) is 8.51. The van der Waals surface area contributed by atoms with Crippen LogP contribution in [0.4, 0.5) is 0 Å². The monoisotopic (exact) mass is 333 g/mol. The molecule has 2 rings (SSSR count). The third-order valence-corrected chi connectivity index (χ3v) is 4.89. The zero-order valence-corrected chi connectivity index (χ0v) is 13.0. The maximum absolute atomic E-state index is 12.1. The molecule has 0 radical (unpaired) electrons. The molecule has 1 atom stereocenters. The largest absolute Gasteiger partial charge is 0.468 e. The highest BCUT2D eigenvalue weighted by Gasteiger charge is 2.55. The SMILES string of the molecule is COC(=O)C1(C(c2ccc(Br)s2)N(C)C)COC1. The van der Waals surface area contributed by atoms with Gasteiger partial charge in [-0.2, -0.15) is 0 Å². The fourth-order valence-corrected chi connectivity index (χ4v) is 4.15. The predicted octanol–water partition coefficient (Wildman–Crippen LogP) is 2.30. The first-order valence-electron chi connectivity index (χ1n) is 5.59. The molecule has 1 aliphatic rings. The van der Waals surface area contributed by atoms with Crippen LogP contribution in [0.2, 0.25) is 0 Å². The van der Waals surface area contributed by atoms with Gasteiger partial charge in [0, 0.05) is 4.88 Å². The number of ether oxygens (including phenoxy) is 2. The molecule has 1 saturated heterocycles. The highest BCUT2D eigenvalue weighted by Crippen LogP contribution is 2.46. The summed E-state index contributed by atoms with van der Waals surface area (Å²) in [6, 6.07) is 4.03. The minimum Gasteiger partial charge on any atom is -0.468 e. The van der Waals surface area contributed by atoms with Crippen molar-refractivity contribution < 1.29 is 14.3 Å². The highest BCUT2D eigenvalue weighted by atomic mass is 79.9. The van der Waals surface area contributed by atoms with Crippen molar-refractivity contribution in [2.45, 2.75) is 6.04 Å². The van der Waals surface area contributed by atoms with E-state index in [1.54, 1.807) is 11.3 Å². The molecule has 0 aromatic carbocycles. The number of nitrogens with zero attached hydrogens (tertiary/aromatic N) is 1. The van der Waals surface area contributed by atoms with Gasteiger partial charge in [-0.25, -0.2) is 0 Å². The Labute approximate surface area is 119 Å². The number of carbonyl (C=O) groups is 1. The van der Waals surface area contributed by atoms with Gasteiger partial charge in [0.15, 0.2) is 0 Å². The van der Waals surface area contributed by atoms with Gasteiger partial charge in [0.05, 0.1) is 30.2 Å². The van der Waals surface area contributed by atoms with E-state index in [1.165, 1.54) is 7.11 Å². The van der Waals surface area contributed by atoms with E-state index < -0.39 is 5.41 Å². The molecule has 4 nitrogen and oxygen atoms in total. The van der Waals surface area contributed by atoms with Gasteiger partial charge in [-0.05, 0) is 42.2 Å². The number of hydrogen-bond acceptors (Lipinski definition) is 5. The number of methoxy groups -OCH3 is 1. The van der Waals surface area contributed by atoms with Crippen molar-refractivity contribution in [3.63, 3.8) is 0 Å². The topological polar surface area (TPSA) is 38.8 Å². The van der Waals surface area contributed by atoms with Crippen LogP contribution in [0.5, 0.6) is 0 Å². The summed E-state index contributed by atoms with van der Waals surface area (Å²) in [7, 11) is 5.38. The summed E-state index contributed by atoms with van der Waals surface area (Å²) in [5.41, 5.74) is -0.581. The highest BCUT2D eigenvalue weighted by molar-refractivity contribution is 9.11. The number of halogens is 1. The molecule has 0 amide bonds. The van der Waals surface area contributed by atoms with Crippen molar-refractivity contribution in [1.29, 1.82) is 0 Å². The van der Waals surface area contributed by atoms with Crippen molar-refractivity contribution in [1.82, 2.24) is 4.90 Å². The molecule has 0 saturated carbocycles. The lowest BCUT2D eigenvalue weighted by Gasteiger charge is -2.46. The molecule has 1 aromatic rings. The van der Waals surface area contributed by atoms with Crippen LogP contribution < -0.4 is 0 Å². The van der Waals surface area contributed by atoms with Crippen LogP contribution in [0.3, 0.4) is 0 Å². The Kier molecular flexibility index (Phi) is 4.11. The lowest BCUT2D eigenvalue weighted by molar-refractivity contribution is -0.196. The Morgan fingerprint density at radius 1 is 1.56 bits per heavy atom. The molecule has 0 spiro atoms. The van der Waals surface area contributed by atoms with Crippen molar-refractivity contribution >= 4 is 33.2 Å². The Morgan fingerprint density at radius 3 is 2.56 bits per heavy atom. The van der Waals surface area contributed by atoms with Crippen molar-refractivity contribution in [2.24, 2.45) is 5.41 Å². The predicted molar refractivity (Wildman–Crippen MR) is 73.7 cm³/mol. The van der Waals surface area contributed by atoms with Gasteiger partial charge >= 0.3 is 5.97 Å². The number of rotatable bonds is 4. The molecular weight excluding hydrogens is 318 g/mol. The average molecular weight is 334 g/mol. The Hall–Kier alpha value is -0.430. The summed E-state index contributed by atoms with van der Waals surface area (Å²) < 4.78 is 11.3. The van der Waals surface area contributed by atoms with Gasteiger partial charge in [0.1, 0.15) is 5.41 Å².